The SMILES string of the molecule is O=S1(=O)CCCN1c1cccc(-c2ccc3cnc(O)nn23)c1. The molecule has 3 aromatic rings. The van der Waals surface area contributed by atoms with Gasteiger partial charge in [-0.1, -0.05) is 12.1 Å². The van der Waals surface area contributed by atoms with Gasteiger partial charge in [-0.3, -0.25) is 4.31 Å². The Morgan fingerprint density at radius 1 is 1.17 bits per heavy atom. The smallest absolute Gasteiger partial charge is 0.331 e. The lowest BCUT2D eigenvalue weighted by molar-refractivity contribution is 0.419. The van der Waals surface area contributed by atoms with Crippen LogP contribution in [0.4, 0.5) is 5.69 Å². The van der Waals surface area contributed by atoms with Crippen molar-refractivity contribution in [3.63, 3.8) is 0 Å². The largest absolute Gasteiger partial charge is 0.478 e. The summed E-state index contributed by atoms with van der Waals surface area (Å²) in [5, 5.41) is 13.5. The summed E-state index contributed by atoms with van der Waals surface area (Å²) in [6.45, 7) is 0.504. The number of hydrogen-bond donors (Lipinski definition) is 1. The third kappa shape index (κ3) is 2.31. The molecule has 118 valence electrons. The second kappa shape index (κ2) is 4.95. The molecule has 1 saturated heterocycles. The quantitative estimate of drug-likeness (QED) is 0.772. The van der Waals surface area contributed by atoms with E-state index in [-0.39, 0.29) is 11.8 Å². The summed E-state index contributed by atoms with van der Waals surface area (Å²) in [4.78, 5) is 3.75. The third-order valence-corrected chi connectivity index (χ3v) is 5.79. The number of aromatic nitrogens is 3. The van der Waals surface area contributed by atoms with E-state index in [1.807, 2.05) is 30.3 Å². The van der Waals surface area contributed by atoms with Crippen LogP contribution in [0, 0.1) is 0 Å². The predicted octanol–water partition coefficient (Wildman–Crippen LogP) is 1.64. The van der Waals surface area contributed by atoms with Crippen LogP contribution in [-0.4, -0.2) is 40.4 Å². The number of sulfonamides is 1. The molecule has 7 nitrogen and oxygen atoms in total. The molecule has 2 aromatic heterocycles. The van der Waals surface area contributed by atoms with Gasteiger partial charge in [0.15, 0.2) is 0 Å². The lowest BCUT2D eigenvalue weighted by Crippen LogP contribution is -2.24. The highest BCUT2D eigenvalue weighted by Crippen LogP contribution is 2.29. The lowest BCUT2D eigenvalue weighted by atomic mass is 10.1. The van der Waals surface area contributed by atoms with Crippen molar-refractivity contribution < 1.29 is 13.5 Å². The molecule has 1 N–H and O–H groups in total. The van der Waals surface area contributed by atoms with Crippen molar-refractivity contribution in [3.8, 4) is 17.3 Å². The van der Waals surface area contributed by atoms with Gasteiger partial charge >= 0.3 is 6.01 Å². The van der Waals surface area contributed by atoms with Crippen LogP contribution in [0.25, 0.3) is 16.8 Å². The average molecular weight is 330 g/mol. The second-order valence-electron chi connectivity index (χ2n) is 5.41. The van der Waals surface area contributed by atoms with Crippen molar-refractivity contribution in [1.82, 2.24) is 14.6 Å². The summed E-state index contributed by atoms with van der Waals surface area (Å²) < 4.78 is 27.2. The van der Waals surface area contributed by atoms with E-state index in [4.69, 9.17) is 0 Å². The first-order valence-corrected chi connectivity index (χ1v) is 8.80. The Hall–Kier alpha value is -2.61. The van der Waals surface area contributed by atoms with Gasteiger partial charge in [-0.15, -0.1) is 5.10 Å². The molecule has 1 aliphatic rings. The average Bonchev–Trinajstić information content (AvgIpc) is 3.09. The van der Waals surface area contributed by atoms with Gasteiger partial charge in [0.05, 0.1) is 28.8 Å². The summed E-state index contributed by atoms with van der Waals surface area (Å²) in [7, 11) is -3.21. The maximum Gasteiger partial charge on any atom is 0.331 e. The van der Waals surface area contributed by atoms with Gasteiger partial charge in [0.25, 0.3) is 0 Å². The Kier molecular flexibility index (Phi) is 3.02. The first-order valence-electron chi connectivity index (χ1n) is 7.19. The molecule has 1 aliphatic heterocycles. The van der Waals surface area contributed by atoms with Crippen LogP contribution >= 0.6 is 0 Å². The number of fused-ring (bicyclic) bond motifs is 1. The second-order valence-corrected chi connectivity index (χ2v) is 7.42. The monoisotopic (exact) mass is 330 g/mol. The molecule has 0 bridgehead atoms. The van der Waals surface area contributed by atoms with Crippen molar-refractivity contribution in [2.45, 2.75) is 6.42 Å². The third-order valence-electron chi connectivity index (χ3n) is 3.92. The summed E-state index contributed by atoms with van der Waals surface area (Å²) in [6, 6.07) is 10.7. The van der Waals surface area contributed by atoms with Gasteiger partial charge in [-0.05, 0) is 30.7 Å². The topological polar surface area (TPSA) is 87.8 Å². The van der Waals surface area contributed by atoms with E-state index >= 15 is 0 Å². The fourth-order valence-electron chi connectivity index (χ4n) is 2.86. The maximum atomic E-state index is 12.1. The van der Waals surface area contributed by atoms with E-state index in [2.05, 4.69) is 10.1 Å². The molecule has 4 rings (SSSR count). The Morgan fingerprint density at radius 2 is 2.04 bits per heavy atom. The van der Waals surface area contributed by atoms with Crippen molar-refractivity contribution in [1.29, 1.82) is 0 Å². The molecule has 0 atom stereocenters. The number of nitrogens with zero attached hydrogens (tertiary/aromatic N) is 4. The number of aromatic hydroxyl groups is 1. The molecule has 0 aliphatic carbocycles. The van der Waals surface area contributed by atoms with E-state index in [1.165, 1.54) is 10.5 Å². The molecule has 0 radical (unpaired) electrons. The molecule has 0 spiro atoms. The standard InChI is InChI=1S/C15H14N4O3S/c20-15-16-10-13-5-6-14(19(13)17-15)11-3-1-4-12(9-11)18-7-2-8-23(18,21)22/h1,3-6,9-10H,2,7-8H2,(H,17,20). The summed E-state index contributed by atoms with van der Waals surface area (Å²) >= 11 is 0. The van der Waals surface area contributed by atoms with E-state index in [9.17, 15) is 13.5 Å². The highest BCUT2D eigenvalue weighted by Gasteiger charge is 2.28. The first-order chi connectivity index (χ1) is 11.0. The zero-order valence-corrected chi connectivity index (χ0v) is 12.9. The van der Waals surface area contributed by atoms with Crippen LogP contribution in [0.2, 0.25) is 0 Å². The molecule has 0 amide bonds. The molecule has 8 heteroatoms. The number of rotatable bonds is 2. The molecule has 1 fully saturated rings. The minimum Gasteiger partial charge on any atom is -0.478 e. The fourth-order valence-corrected chi connectivity index (χ4v) is 4.42. The zero-order valence-electron chi connectivity index (χ0n) is 12.1. The minimum atomic E-state index is -3.21. The predicted molar refractivity (Wildman–Crippen MR) is 85.8 cm³/mol. The summed E-state index contributed by atoms with van der Waals surface area (Å²) in [5.74, 6) is 0.187. The Labute approximate surface area is 132 Å². The van der Waals surface area contributed by atoms with Crippen molar-refractivity contribution >= 4 is 21.2 Å². The number of hydrogen-bond acceptors (Lipinski definition) is 5. The van der Waals surface area contributed by atoms with Crippen LogP contribution in [0.1, 0.15) is 6.42 Å². The number of benzene rings is 1. The van der Waals surface area contributed by atoms with Gasteiger partial charge in [0.1, 0.15) is 0 Å². The van der Waals surface area contributed by atoms with Gasteiger partial charge in [-0.25, -0.2) is 17.9 Å². The van der Waals surface area contributed by atoms with Gasteiger partial charge in [0.2, 0.25) is 10.0 Å². The highest BCUT2D eigenvalue weighted by molar-refractivity contribution is 7.93. The first kappa shape index (κ1) is 14.0. The molecular weight excluding hydrogens is 316 g/mol. The van der Waals surface area contributed by atoms with Crippen molar-refractivity contribution in [3.05, 3.63) is 42.6 Å². The van der Waals surface area contributed by atoms with Gasteiger partial charge in [-0.2, -0.15) is 0 Å². The van der Waals surface area contributed by atoms with Crippen LogP contribution in [0.3, 0.4) is 0 Å². The fraction of sp³-hybridized carbons (Fsp3) is 0.200. The van der Waals surface area contributed by atoms with E-state index in [0.717, 1.165) is 16.8 Å². The van der Waals surface area contributed by atoms with Crippen LogP contribution in [0.5, 0.6) is 6.01 Å². The normalized spacial score (nSPS) is 17.0. The zero-order chi connectivity index (χ0) is 16.0. The molecular formula is C15H14N4O3S. The Morgan fingerprint density at radius 3 is 2.83 bits per heavy atom. The van der Waals surface area contributed by atoms with Crippen LogP contribution in [-0.2, 0) is 10.0 Å². The summed E-state index contributed by atoms with van der Waals surface area (Å²) in [5.41, 5.74) is 2.98. The number of anilines is 1. The van der Waals surface area contributed by atoms with E-state index in [0.29, 0.717) is 18.7 Å². The Bertz CT molecular complexity index is 997. The summed E-state index contributed by atoms with van der Waals surface area (Å²) in [6.07, 6.45) is 2.17. The minimum absolute atomic E-state index is 0.187. The molecule has 3 heterocycles. The van der Waals surface area contributed by atoms with Crippen LogP contribution < -0.4 is 4.31 Å². The molecule has 0 unspecified atom stereocenters. The molecule has 23 heavy (non-hydrogen) atoms. The Balaban J connectivity index is 1.83. The molecule has 0 saturated carbocycles. The van der Waals surface area contributed by atoms with Gasteiger partial charge in [0, 0.05) is 12.1 Å². The highest BCUT2D eigenvalue weighted by atomic mass is 32.2. The van der Waals surface area contributed by atoms with Gasteiger partial charge < -0.3 is 5.11 Å². The maximum absolute atomic E-state index is 12.1. The van der Waals surface area contributed by atoms with E-state index in [1.54, 1.807) is 10.6 Å². The molecule has 1 aromatic carbocycles. The van der Waals surface area contributed by atoms with Crippen LogP contribution in [0.15, 0.2) is 42.6 Å². The van der Waals surface area contributed by atoms with Crippen molar-refractivity contribution in [2.75, 3.05) is 16.6 Å². The lowest BCUT2D eigenvalue weighted by Gasteiger charge is -2.17. The van der Waals surface area contributed by atoms with E-state index < -0.39 is 10.0 Å². The van der Waals surface area contributed by atoms with Crippen molar-refractivity contribution in [2.24, 2.45) is 0 Å².